The van der Waals surface area contributed by atoms with E-state index in [0.29, 0.717) is 64.7 Å². The van der Waals surface area contributed by atoms with Crippen molar-refractivity contribution in [1.29, 1.82) is 0 Å². The zero-order chi connectivity index (χ0) is 41.3. The normalized spacial score (nSPS) is 31.9. The molecule has 4 unspecified atom stereocenters. The van der Waals surface area contributed by atoms with E-state index in [-0.39, 0.29) is 17.5 Å². The Labute approximate surface area is 335 Å². The summed E-state index contributed by atoms with van der Waals surface area (Å²) in [6.45, 7) is 19.0. The Bertz CT molecular complexity index is 1840. The van der Waals surface area contributed by atoms with Gasteiger partial charge in [-0.15, -0.1) is 0 Å². The summed E-state index contributed by atoms with van der Waals surface area (Å²) in [6, 6.07) is 14.2. The lowest BCUT2D eigenvalue weighted by molar-refractivity contribution is -0.218. The molecule has 0 saturated heterocycles. The highest BCUT2D eigenvalue weighted by molar-refractivity contribution is 5.89. The molecule has 10 heteroatoms. The average Bonchev–Trinajstić information content (AvgIpc) is 3.10. The summed E-state index contributed by atoms with van der Waals surface area (Å²) in [5.41, 5.74) is 1.13. The van der Waals surface area contributed by atoms with Gasteiger partial charge in [0.15, 0.2) is 0 Å². The molecule has 0 heterocycles. The van der Waals surface area contributed by atoms with Crippen molar-refractivity contribution in [3.8, 4) is 22.6 Å². The molecule has 0 aromatic heterocycles. The van der Waals surface area contributed by atoms with Gasteiger partial charge in [0.25, 0.3) is 0 Å². The van der Waals surface area contributed by atoms with Gasteiger partial charge < -0.3 is 29.2 Å². The summed E-state index contributed by atoms with van der Waals surface area (Å²) in [4.78, 5) is 46.0. The molecule has 10 rings (SSSR count). The van der Waals surface area contributed by atoms with Crippen LogP contribution in [0.25, 0.3) is 11.1 Å². The van der Waals surface area contributed by atoms with Gasteiger partial charge in [0, 0.05) is 35.6 Å². The van der Waals surface area contributed by atoms with Crippen LogP contribution in [0.3, 0.4) is 0 Å². The number of carbonyl (C=O) groups excluding carboxylic acids is 4. The van der Waals surface area contributed by atoms with Crippen LogP contribution >= 0.6 is 0 Å². The van der Waals surface area contributed by atoms with E-state index in [0.717, 1.165) is 62.5 Å². The van der Waals surface area contributed by atoms with Crippen molar-refractivity contribution >= 4 is 23.9 Å². The first-order valence-electron chi connectivity index (χ1n) is 19.9. The van der Waals surface area contributed by atoms with Gasteiger partial charge in [-0.05, 0) is 144 Å². The zero-order valence-electron chi connectivity index (χ0n) is 33.5. The van der Waals surface area contributed by atoms with Gasteiger partial charge in [-0.1, -0.05) is 50.6 Å². The molecule has 2 N–H and O–H groups in total. The second kappa shape index (κ2) is 16.2. The van der Waals surface area contributed by atoms with Crippen LogP contribution in [0.15, 0.2) is 97.6 Å². The fourth-order valence-electron chi connectivity index (χ4n) is 10.9. The Morgan fingerprint density at radius 3 is 1.19 bits per heavy atom. The molecule has 0 spiro atoms. The number of aliphatic hydroxyl groups is 2. The van der Waals surface area contributed by atoms with Crippen molar-refractivity contribution in [1.82, 2.24) is 0 Å². The van der Waals surface area contributed by atoms with Crippen LogP contribution in [0.4, 0.5) is 0 Å². The molecule has 304 valence electrons. The maximum atomic E-state index is 11.7. The second-order valence-electron chi connectivity index (χ2n) is 17.9. The highest BCUT2D eigenvalue weighted by atomic mass is 16.6. The number of benzene rings is 2. The SMILES string of the molecule is C=C(C)C(=O)OC12CC3CC(CC(O)(C3)C1)C2.C=C(C)C(=O)Oc1ccc(-c2ccc(OC(=O)C(=C)C)cc2)cc1.C=CC(=O)OC12CC3CC(CC(O)(C3)C1)C2. The van der Waals surface area contributed by atoms with E-state index in [1.54, 1.807) is 45.0 Å². The largest absolute Gasteiger partial charge is 0.456 e. The van der Waals surface area contributed by atoms with E-state index >= 15 is 0 Å². The third-order valence-corrected chi connectivity index (χ3v) is 12.3. The average molecular weight is 781 g/mol. The van der Waals surface area contributed by atoms with Crippen LogP contribution in [0, 0.1) is 23.7 Å². The molecular weight excluding hydrogens is 725 g/mol. The van der Waals surface area contributed by atoms with E-state index in [1.165, 1.54) is 18.9 Å². The van der Waals surface area contributed by atoms with Crippen LogP contribution in [0.1, 0.15) is 97.8 Å². The highest BCUT2D eigenvalue weighted by Gasteiger charge is 2.60. The lowest BCUT2D eigenvalue weighted by atomic mass is 9.52. The van der Waals surface area contributed by atoms with E-state index in [1.807, 2.05) is 24.3 Å². The van der Waals surface area contributed by atoms with Crippen molar-refractivity contribution in [3.63, 3.8) is 0 Å². The molecule has 57 heavy (non-hydrogen) atoms. The van der Waals surface area contributed by atoms with Crippen molar-refractivity contribution in [3.05, 3.63) is 97.6 Å². The molecule has 8 aliphatic carbocycles. The van der Waals surface area contributed by atoms with Crippen LogP contribution in [0.5, 0.6) is 11.5 Å². The Morgan fingerprint density at radius 1 is 0.561 bits per heavy atom. The third kappa shape index (κ3) is 10.0. The van der Waals surface area contributed by atoms with Gasteiger partial charge in [-0.2, -0.15) is 0 Å². The molecule has 0 radical (unpaired) electrons. The van der Waals surface area contributed by atoms with Crippen molar-refractivity contribution in [2.75, 3.05) is 0 Å². The summed E-state index contributed by atoms with van der Waals surface area (Å²) >= 11 is 0. The minimum absolute atomic E-state index is 0.296. The summed E-state index contributed by atoms with van der Waals surface area (Å²) < 4.78 is 21.5. The molecular formula is C47H56O10. The first kappa shape index (κ1) is 41.8. The minimum Gasteiger partial charge on any atom is -0.456 e. The summed E-state index contributed by atoms with van der Waals surface area (Å²) in [5.74, 6) is 1.54. The molecule has 0 aliphatic heterocycles. The van der Waals surface area contributed by atoms with E-state index in [2.05, 4.69) is 26.3 Å². The Balaban J connectivity index is 0.000000148. The molecule has 0 amide bonds. The molecule has 2 aromatic rings. The summed E-state index contributed by atoms with van der Waals surface area (Å²) in [7, 11) is 0. The topological polar surface area (TPSA) is 146 Å². The van der Waals surface area contributed by atoms with Gasteiger partial charge in [-0.3, -0.25) is 0 Å². The Morgan fingerprint density at radius 2 is 0.895 bits per heavy atom. The molecule has 8 fully saturated rings. The monoisotopic (exact) mass is 780 g/mol. The number of hydrogen-bond donors (Lipinski definition) is 2. The quantitative estimate of drug-likeness (QED) is 0.145. The molecule has 4 atom stereocenters. The third-order valence-electron chi connectivity index (χ3n) is 12.3. The van der Waals surface area contributed by atoms with Crippen LogP contribution in [-0.2, 0) is 28.7 Å². The Hall–Kier alpha value is -4.80. The predicted molar refractivity (Wildman–Crippen MR) is 215 cm³/mol. The van der Waals surface area contributed by atoms with Crippen molar-refractivity contribution < 1.29 is 48.3 Å². The van der Waals surface area contributed by atoms with Gasteiger partial charge in [0.1, 0.15) is 22.7 Å². The summed E-state index contributed by atoms with van der Waals surface area (Å²) in [5, 5.41) is 20.9. The van der Waals surface area contributed by atoms with Crippen LogP contribution in [0.2, 0.25) is 0 Å². The van der Waals surface area contributed by atoms with Gasteiger partial charge >= 0.3 is 23.9 Å². The smallest absolute Gasteiger partial charge is 0.338 e. The lowest BCUT2D eigenvalue weighted by Gasteiger charge is -2.59. The van der Waals surface area contributed by atoms with Crippen molar-refractivity contribution in [2.45, 2.75) is 120 Å². The number of hydrogen-bond acceptors (Lipinski definition) is 10. The first-order valence-corrected chi connectivity index (χ1v) is 19.9. The fourth-order valence-corrected chi connectivity index (χ4v) is 10.9. The zero-order valence-corrected chi connectivity index (χ0v) is 33.5. The van der Waals surface area contributed by atoms with Crippen LogP contribution < -0.4 is 9.47 Å². The molecule has 8 aliphatic rings. The minimum atomic E-state index is -0.570. The summed E-state index contributed by atoms with van der Waals surface area (Å²) in [6.07, 6.45) is 12.2. The molecule has 8 saturated carbocycles. The Kier molecular flexibility index (Phi) is 11.9. The van der Waals surface area contributed by atoms with Crippen molar-refractivity contribution in [2.24, 2.45) is 23.7 Å². The van der Waals surface area contributed by atoms with E-state index < -0.39 is 28.7 Å². The number of rotatable bonds is 9. The number of carbonyl (C=O) groups is 4. The van der Waals surface area contributed by atoms with Gasteiger partial charge in [-0.25, -0.2) is 19.2 Å². The van der Waals surface area contributed by atoms with E-state index in [9.17, 15) is 29.4 Å². The molecule has 8 bridgehead atoms. The lowest BCUT2D eigenvalue weighted by Crippen LogP contribution is -2.60. The van der Waals surface area contributed by atoms with Crippen LogP contribution in [-0.4, -0.2) is 56.5 Å². The maximum absolute atomic E-state index is 11.7. The standard InChI is InChI=1S/C20H18O4.C14H20O3.C13H18O3/c1-13(2)19(21)23-17-9-5-15(6-10-17)16-7-11-18(12-8-16)24-20(22)14(3)4;1-9(2)12(15)17-14-6-10-3-11(7-14)5-13(16,4-10)8-14;1-2-11(14)16-13-6-9-3-10(7-13)5-12(15,4-9)8-13/h5-12H,1,3H2,2,4H3;10-11,16H,1,3-8H2,2H3;2,9-10,15H,1,3-8H2. The predicted octanol–water partition coefficient (Wildman–Crippen LogP) is 8.31. The van der Waals surface area contributed by atoms with E-state index in [4.69, 9.17) is 18.9 Å². The molecule has 2 aromatic carbocycles. The number of ether oxygens (including phenoxy) is 4. The number of esters is 4. The van der Waals surface area contributed by atoms with Gasteiger partial charge in [0.2, 0.25) is 0 Å². The second-order valence-corrected chi connectivity index (χ2v) is 17.9. The molecule has 10 nitrogen and oxygen atoms in total. The fraction of sp³-hybridized carbons (Fsp3) is 0.489. The van der Waals surface area contributed by atoms with Gasteiger partial charge in [0.05, 0.1) is 11.2 Å². The maximum Gasteiger partial charge on any atom is 0.338 e. The first-order chi connectivity index (χ1) is 26.8. The highest BCUT2D eigenvalue weighted by Crippen LogP contribution is 2.60.